The lowest BCUT2D eigenvalue weighted by molar-refractivity contribution is -0.132. The fourth-order valence-electron chi connectivity index (χ4n) is 5.53. The molecule has 4 aromatic carbocycles. The number of carbonyl (C=O) groups excluding carboxylic acids is 2. The van der Waals surface area contributed by atoms with Gasteiger partial charge in [0.25, 0.3) is 11.7 Å². The molecule has 43 heavy (non-hydrogen) atoms. The monoisotopic (exact) mass is 576 g/mol. The van der Waals surface area contributed by atoms with Crippen LogP contribution in [-0.2, 0) is 16.2 Å². The van der Waals surface area contributed by atoms with Gasteiger partial charge in [-0.2, -0.15) is 0 Å². The molecule has 220 valence electrons. The van der Waals surface area contributed by atoms with Crippen LogP contribution in [-0.4, -0.2) is 35.0 Å². The Balaban J connectivity index is 1.59. The fourth-order valence-corrected chi connectivity index (χ4v) is 5.53. The van der Waals surface area contributed by atoms with Gasteiger partial charge in [-0.25, -0.2) is 0 Å². The van der Waals surface area contributed by atoms with Crippen molar-refractivity contribution in [1.29, 1.82) is 0 Å². The number of rotatable bonds is 9. The second kappa shape index (κ2) is 12.4. The van der Waals surface area contributed by atoms with Crippen LogP contribution in [0.1, 0.15) is 47.7 Å². The van der Waals surface area contributed by atoms with E-state index in [2.05, 4.69) is 18.7 Å². The lowest BCUT2D eigenvalue weighted by Gasteiger charge is -2.27. The predicted molar refractivity (Wildman–Crippen MR) is 170 cm³/mol. The average molecular weight is 577 g/mol. The van der Waals surface area contributed by atoms with Gasteiger partial charge in [0.15, 0.2) is 0 Å². The minimum atomic E-state index is -0.951. The lowest BCUT2D eigenvalue weighted by atomic mass is 9.94. The number of Topliss-reactive ketones (excluding diaryl/α,β-unsaturated/α-hetero) is 1. The molecule has 1 amide bonds. The van der Waals surface area contributed by atoms with Crippen LogP contribution in [0, 0.1) is 13.8 Å². The highest BCUT2D eigenvalue weighted by molar-refractivity contribution is 6.52. The van der Waals surface area contributed by atoms with E-state index in [1.165, 1.54) is 11.0 Å². The van der Waals surface area contributed by atoms with Crippen molar-refractivity contribution in [2.24, 2.45) is 0 Å². The number of nitrogens with zero attached hydrogens (tertiary/aromatic N) is 2. The van der Waals surface area contributed by atoms with Gasteiger partial charge in [-0.3, -0.25) is 14.5 Å². The number of benzene rings is 4. The van der Waals surface area contributed by atoms with Crippen LogP contribution in [0.3, 0.4) is 0 Å². The zero-order valence-corrected chi connectivity index (χ0v) is 24.9. The molecule has 7 heteroatoms. The Morgan fingerprint density at radius 1 is 0.884 bits per heavy atom. The molecule has 0 radical (unpaired) electrons. The van der Waals surface area contributed by atoms with Crippen LogP contribution in [0.2, 0.25) is 0 Å². The average Bonchev–Trinajstić information content (AvgIpc) is 3.28. The Morgan fingerprint density at radius 3 is 2.23 bits per heavy atom. The number of phenols is 1. The van der Waals surface area contributed by atoms with Gasteiger partial charge in [0.1, 0.15) is 23.9 Å². The quantitative estimate of drug-likeness (QED) is 0.126. The number of carbonyl (C=O) groups is 2. The summed E-state index contributed by atoms with van der Waals surface area (Å²) in [5, 5.41) is 22.4. The molecule has 0 spiro atoms. The molecule has 1 atom stereocenters. The molecule has 0 aromatic heterocycles. The number of amides is 1. The topological polar surface area (TPSA) is 90.3 Å². The summed E-state index contributed by atoms with van der Waals surface area (Å²) in [7, 11) is 0. The van der Waals surface area contributed by atoms with Gasteiger partial charge >= 0.3 is 0 Å². The molecule has 0 bridgehead atoms. The number of anilines is 2. The predicted octanol–water partition coefficient (Wildman–Crippen LogP) is 7.06. The van der Waals surface area contributed by atoms with Crippen LogP contribution in [0.5, 0.6) is 11.5 Å². The number of aromatic hydroxyl groups is 1. The Morgan fingerprint density at radius 2 is 1.58 bits per heavy atom. The first-order valence-electron chi connectivity index (χ1n) is 14.5. The third-order valence-electron chi connectivity index (χ3n) is 7.86. The summed E-state index contributed by atoms with van der Waals surface area (Å²) in [5.74, 6) is -1.41. The van der Waals surface area contributed by atoms with Crippen molar-refractivity contribution >= 4 is 28.8 Å². The molecule has 5 rings (SSSR count). The lowest BCUT2D eigenvalue weighted by Crippen LogP contribution is -2.29. The maximum atomic E-state index is 13.6. The molecule has 7 nitrogen and oxygen atoms in total. The standard InChI is InChI=1S/C36H36N2O5/c1-5-37(6-2)28-16-13-26(14-17-28)33-32(35(41)36(42)38(33)29-20-23(3)12-18-30(29)39)34(40)27-15-19-31(24(4)21-27)43-22-25-10-8-7-9-11-25/h7-21,33,39-40H,5-6,22H2,1-4H3/b34-32-. The first-order valence-corrected chi connectivity index (χ1v) is 14.5. The van der Waals surface area contributed by atoms with E-state index in [-0.39, 0.29) is 22.8 Å². The number of hydrogen-bond donors (Lipinski definition) is 2. The normalized spacial score (nSPS) is 16.0. The fraction of sp³-hybridized carbons (Fsp3) is 0.222. The van der Waals surface area contributed by atoms with E-state index in [1.54, 1.807) is 30.3 Å². The number of aryl methyl sites for hydroxylation is 2. The van der Waals surface area contributed by atoms with Crippen LogP contribution in [0.4, 0.5) is 11.4 Å². The number of phenolic OH excluding ortho intramolecular Hbond substituents is 1. The Hall–Kier alpha value is -5.04. The van der Waals surface area contributed by atoms with Crippen LogP contribution >= 0.6 is 0 Å². The number of hydrogen-bond acceptors (Lipinski definition) is 6. The van der Waals surface area contributed by atoms with Crippen LogP contribution in [0.15, 0.2) is 96.6 Å². The van der Waals surface area contributed by atoms with Crippen molar-refractivity contribution in [3.05, 3.63) is 124 Å². The molecule has 0 saturated carbocycles. The highest BCUT2D eigenvalue weighted by atomic mass is 16.5. The molecular formula is C36H36N2O5. The maximum absolute atomic E-state index is 13.6. The van der Waals surface area contributed by atoms with Crippen molar-refractivity contribution < 1.29 is 24.5 Å². The van der Waals surface area contributed by atoms with Gasteiger partial charge in [-0.1, -0.05) is 48.5 Å². The van der Waals surface area contributed by atoms with Crippen LogP contribution < -0.4 is 14.5 Å². The van der Waals surface area contributed by atoms with Crippen molar-refractivity contribution in [2.75, 3.05) is 22.9 Å². The second-order valence-corrected chi connectivity index (χ2v) is 10.7. The SMILES string of the molecule is CCN(CC)c1ccc(C2/C(=C(/O)c3ccc(OCc4ccccc4)c(C)c3)C(=O)C(=O)N2c2cc(C)ccc2O)cc1. The largest absolute Gasteiger partial charge is 0.507 e. The summed E-state index contributed by atoms with van der Waals surface area (Å²) in [6, 6.07) is 26.6. The van der Waals surface area contributed by atoms with E-state index < -0.39 is 17.7 Å². The second-order valence-electron chi connectivity index (χ2n) is 10.7. The highest BCUT2D eigenvalue weighted by Gasteiger charge is 2.47. The molecule has 1 unspecified atom stereocenters. The molecule has 1 fully saturated rings. The molecule has 4 aromatic rings. The van der Waals surface area contributed by atoms with Gasteiger partial charge in [0.2, 0.25) is 0 Å². The van der Waals surface area contributed by atoms with Gasteiger partial charge in [-0.05, 0) is 92.4 Å². The minimum Gasteiger partial charge on any atom is -0.507 e. The number of ketones is 1. The van der Waals surface area contributed by atoms with E-state index in [1.807, 2.05) is 68.4 Å². The first kappa shape index (κ1) is 29.5. The molecular weight excluding hydrogens is 540 g/mol. The molecule has 1 aliphatic heterocycles. The number of aliphatic hydroxyl groups is 1. The molecule has 0 aliphatic carbocycles. The van der Waals surface area contributed by atoms with Gasteiger partial charge < -0.3 is 19.8 Å². The Bertz CT molecular complexity index is 1670. The molecule has 1 saturated heterocycles. The molecule has 1 heterocycles. The first-order chi connectivity index (χ1) is 20.7. The van der Waals surface area contributed by atoms with Gasteiger partial charge in [0.05, 0.1) is 17.3 Å². The van der Waals surface area contributed by atoms with Crippen molar-refractivity contribution in [1.82, 2.24) is 0 Å². The summed E-state index contributed by atoms with van der Waals surface area (Å²) < 4.78 is 6.00. The summed E-state index contributed by atoms with van der Waals surface area (Å²) in [4.78, 5) is 30.7. The number of aliphatic hydroxyl groups excluding tert-OH is 1. The zero-order chi connectivity index (χ0) is 30.7. The Labute approximate surface area is 252 Å². The Kier molecular flexibility index (Phi) is 8.53. The van der Waals surface area contributed by atoms with Crippen molar-refractivity contribution in [3.8, 4) is 11.5 Å². The van der Waals surface area contributed by atoms with Gasteiger partial charge in [-0.15, -0.1) is 0 Å². The zero-order valence-electron chi connectivity index (χ0n) is 24.9. The summed E-state index contributed by atoms with van der Waals surface area (Å²) in [5.41, 5.74) is 4.81. The number of ether oxygens (including phenoxy) is 1. The van der Waals surface area contributed by atoms with E-state index in [0.29, 0.717) is 23.5 Å². The van der Waals surface area contributed by atoms with E-state index >= 15 is 0 Å². The minimum absolute atomic E-state index is 0.0427. The molecule has 1 aliphatic rings. The highest BCUT2D eigenvalue weighted by Crippen LogP contribution is 2.45. The smallest absolute Gasteiger partial charge is 0.300 e. The summed E-state index contributed by atoms with van der Waals surface area (Å²) >= 11 is 0. The third-order valence-corrected chi connectivity index (χ3v) is 7.86. The van der Waals surface area contributed by atoms with Crippen LogP contribution in [0.25, 0.3) is 5.76 Å². The van der Waals surface area contributed by atoms with Gasteiger partial charge in [0, 0.05) is 24.3 Å². The van der Waals surface area contributed by atoms with Crippen molar-refractivity contribution in [3.63, 3.8) is 0 Å². The summed E-state index contributed by atoms with van der Waals surface area (Å²) in [6.45, 7) is 9.91. The summed E-state index contributed by atoms with van der Waals surface area (Å²) in [6.07, 6.45) is 0. The van der Waals surface area contributed by atoms with E-state index in [0.717, 1.165) is 35.5 Å². The van der Waals surface area contributed by atoms with Crippen molar-refractivity contribution in [2.45, 2.75) is 40.3 Å². The maximum Gasteiger partial charge on any atom is 0.300 e. The van der Waals surface area contributed by atoms with E-state index in [9.17, 15) is 19.8 Å². The third kappa shape index (κ3) is 5.84. The van der Waals surface area contributed by atoms with E-state index in [4.69, 9.17) is 4.74 Å². The molecule has 2 N–H and O–H groups in total.